The summed E-state index contributed by atoms with van der Waals surface area (Å²) in [5.41, 5.74) is 5.05. The van der Waals surface area contributed by atoms with Crippen LogP contribution in [0.25, 0.3) is 6.08 Å². The van der Waals surface area contributed by atoms with Crippen LogP contribution in [0.4, 0.5) is 0 Å². The second kappa shape index (κ2) is 7.92. The number of carbonyl (C=O) groups is 1. The van der Waals surface area contributed by atoms with E-state index in [0.29, 0.717) is 17.9 Å². The number of nitrogens with zero attached hydrogens (tertiary/aromatic N) is 1. The highest BCUT2D eigenvalue weighted by molar-refractivity contribution is 6.31. The summed E-state index contributed by atoms with van der Waals surface area (Å²) in [7, 11) is 0. The molecule has 0 aliphatic carbocycles. The fraction of sp³-hybridized carbons (Fsp3) is 0.0833. The van der Waals surface area contributed by atoms with Gasteiger partial charge in [-0.25, -0.2) is 4.79 Å². The molecule has 0 bridgehead atoms. The van der Waals surface area contributed by atoms with E-state index in [1.807, 2.05) is 66.7 Å². The molecule has 4 nitrogen and oxygen atoms in total. The molecule has 1 aliphatic rings. The molecule has 0 radical (unpaired) electrons. The van der Waals surface area contributed by atoms with Crippen LogP contribution in [0.2, 0.25) is 0 Å². The molecule has 0 saturated carbocycles. The molecule has 4 rings (SSSR count). The molecule has 0 unspecified atom stereocenters. The van der Waals surface area contributed by atoms with Gasteiger partial charge in [0.05, 0.1) is 5.57 Å². The van der Waals surface area contributed by atoms with Gasteiger partial charge in [-0.1, -0.05) is 77.4 Å². The summed E-state index contributed by atoms with van der Waals surface area (Å²) in [5, 5.41) is 3.93. The van der Waals surface area contributed by atoms with Crippen LogP contribution in [0.3, 0.4) is 0 Å². The summed E-state index contributed by atoms with van der Waals surface area (Å²) in [4.78, 5) is 17.0. The Labute approximate surface area is 163 Å². The Hall–Kier alpha value is -3.66. The Morgan fingerprint density at radius 1 is 0.964 bits per heavy atom. The van der Waals surface area contributed by atoms with Gasteiger partial charge in [0.1, 0.15) is 18.1 Å². The van der Waals surface area contributed by atoms with E-state index in [-0.39, 0.29) is 0 Å². The van der Waals surface area contributed by atoms with Crippen molar-refractivity contribution in [2.45, 2.75) is 13.5 Å². The minimum atomic E-state index is -0.446. The molecular weight excluding hydrogens is 350 g/mol. The predicted molar refractivity (Wildman–Crippen MR) is 109 cm³/mol. The van der Waals surface area contributed by atoms with E-state index in [4.69, 9.17) is 9.57 Å². The first-order valence-electron chi connectivity index (χ1n) is 9.04. The van der Waals surface area contributed by atoms with Crippen LogP contribution in [0.5, 0.6) is 5.75 Å². The van der Waals surface area contributed by atoms with Crippen molar-refractivity contribution < 1.29 is 14.4 Å². The van der Waals surface area contributed by atoms with Crippen LogP contribution in [0, 0.1) is 6.92 Å². The second-order valence-corrected chi connectivity index (χ2v) is 6.59. The number of carbonyl (C=O) groups excluding carboxylic acids is 1. The molecule has 28 heavy (non-hydrogen) atoms. The van der Waals surface area contributed by atoms with Gasteiger partial charge in [-0.05, 0) is 36.3 Å². The van der Waals surface area contributed by atoms with Crippen molar-refractivity contribution in [1.29, 1.82) is 0 Å². The van der Waals surface area contributed by atoms with Crippen molar-refractivity contribution in [3.05, 3.63) is 107 Å². The lowest BCUT2D eigenvalue weighted by Crippen LogP contribution is -2.06. The largest absolute Gasteiger partial charge is 0.489 e. The third-order valence-electron chi connectivity index (χ3n) is 4.42. The smallest absolute Gasteiger partial charge is 0.368 e. The monoisotopic (exact) mass is 369 g/mol. The first-order chi connectivity index (χ1) is 13.7. The molecule has 0 N–H and O–H groups in total. The van der Waals surface area contributed by atoms with Gasteiger partial charge >= 0.3 is 5.97 Å². The maximum absolute atomic E-state index is 12.1. The molecule has 0 spiro atoms. The topological polar surface area (TPSA) is 47.9 Å². The Balaban J connectivity index is 1.49. The van der Waals surface area contributed by atoms with E-state index < -0.39 is 5.97 Å². The van der Waals surface area contributed by atoms with Gasteiger partial charge in [-0.15, -0.1) is 0 Å². The molecule has 1 aliphatic heterocycles. The average molecular weight is 369 g/mol. The lowest BCUT2D eigenvalue weighted by Gasteiger charge is -2.07. The highest BCUT2D eigenvalue weighted by Crippen LogP contribution is 2.22. The number of hydrogen-bond acceptors (Lipinski definition) is 4. The summed E-state index contributed by atoms with van der Waals surface area (Å²) >= 11 is 0. The molecule has 0 fully saturated rings. The summed E-state index contributed by atoms with van der Waals surface area (Å²) < 4.78 is 5.85. The Bertz CT molecular complexity index is 1050. The quantitative estimate of drug-likeness (QED) is 0.474. The lowest BCUT2D eigenvalue weighted by atomic mass is 10.0. The summed E-state index contributed by atoms with van der Waals surface area (Å²) in [5.74, 6) is 0.327. The summed E-state index contributed by atoms with van der Waals surface area (Å²) in [6, 6.07) is 25.4. The van der Waals surface area contributed by atoms with Crippen molar-refractivity contribution in [2.24, 2.45) is 5.16 Å². The van der Waals surface area contributed by atoms with E-state index in [1.54, 1.807) is 6.08 Å². The van der Waals surface area contributed by atoms with Crippen molar-refractivity contribution in [3.8, 4) is 5.75 Å². The van der Waals surface area contributed by atoms with Gasteiger partial charge in [0, 0.05) is 5.56 Å². The fourth-order valence-corrected chi connectivity index (χ4v) is 3.01. The molecule has 138 valence electrons. The Morgan fingerprint density at radius 2 is 1.75 bits per heavy atom. The molecule has 3 aromatic carbocycles. The third kappa shape index (κ3) is 4.01. The first kappa shape index (κ1) is 17.7. The predicted octanol–water partition coefficient (Wildman–Crippen LogP) is 4.92. The van der Waals surface area contributed by atoms with Crippen LogP contribution in [-0.2, 0) is 16.2 Å². The van der Waals surface area contributed by atoms with E-state index in [9.17, 15) is 4.79 Å². The van der Waals surface area contributed by atoms with E-state index in [2.05, 4.69) is 24.2 Å². The number of hydrogen-bond donors (Lipinski definition) is 0. The van der Waals surface area contributed by atoms with Gasteiger partial charge in [0.25, 0.3) is 0 Å². The number of benzene rings is 3. The zero-order chi connectivity index (χ0) is 19.3. The molecule has 1 heterocycles. The maximum Gasteiger partial charge on any atom is 0.368 e. The van der Waals surface area contributed by atoms with Crippen LogP contribution in [-0.4, -0.2) is 11.7 Å². The number of ether oxygens (including phenoxy) is 1. The van der Waals surface area contributed by atoms with Crippen LogP contribution < -0.4 is 4.74 Å². The minimum absolute atomic E-state index is 0.444. The van der Waals surface area contributed by atoms with Crippen molar-refractivity contribution in [3.63, 3.8) is 0 Å². The van der Waals surface area contributed by atoms with E-state index in [1.165, 1.54) is 5.56 Å². The highest BCUT2D eigenvalue weighted by atomic mass is 16.7. The van der Waals surface area contributed by atoms with Gasteiger partial charge in [-0.2, -0.15) is 0 Å². The van der Waals surface area contributed by atoms with Gasteiger partial charge < -0.3 is 9.57 Å². The van der Waals surface area contributed by atoms with E-state index in [0.717, 1.165) is 22.4 Å². The van der Waals surface area contributed by atoms with Crippen molar-refractivity contribution in [2.75, 3.05) is 0 Å². The fourth-order valence-electron chi connectivity index (χ4n) is 3.01. The number of rotatable bonds is 5. The van der Waals surface area contributed by atoms with Gasteiger partial charge in [0.15, 0.2) is 0 Å². The lowest BCUT2D eigenvalue weighted by molar-refractivity contribution is -0.136. The standard InChI is InChI=1S/C24H19NO3/c1-17-6-5-7-19(14-17)16-27-21-12-10-18(11-13-21)15-22-23(25-28-24(22)26)20-8-3-2-4-9-20/h2-15H,16H2,1H3. The Morgan fingerprint density at radius 3 is 2.50 bits per heavy atom. The number of aryl methyl sites for hydroxylation is 1. The molecule has 0 atom stereocenters. The van der Waals surface area contributed by atoms with Crippen LogP contribution in [0.1, 0.15) is 22.3 Å². The zero-order valence-electron chi connectivity index (χ0n) is 15.5. The molecule has 0 saturated heterocycles. The zero-order valence-corrected chi connectivity index (χ0v) is 15.5. The van der Waals surface area contributed by atoms with Gasteiger partial charge in [-0.3, -0.25) is 0 Å². The highest BCUT2D eigenvalue weighted by Gasteiger charge is 2.26. The van der Waals surface area contributed by atoms with Crippen molar-refractivity contribution >= 4 is 17.8 Å². The molecule has 0 amide bonds. The average Bonchev–Trinajstić information content (AvgIpc) is 3.08. The van der Waals surface area contributed by atoms with Crippen molar-refractivity contribution in [1.82, 2.24) is 0 Å². The Kier molecular flexibility index (Phi) is 5.02. The SMILES string of the molecule is Cc1cccc(COc2ccc(C=C3C(=O)ON=C3c3ccccc3)cc2)c1. The third-order valence-corrected chi connectivity index (χ3v) is 4.42. The van der Waals surface area contributed by atoms with Gasteiger partial charge in [0.2, 0.25) is 0 Å². The maximum atomic E-state index is 12.1. The van der Waals surface area contributed by atoms with Crippen LogP contribution >= 0.6 is 0 Å². The normalized spacial score (nSPS) is 14.7. The first-order valence-corrected chi connectivity index (χ1v) is 9.04. The molecule has 4 heteroatoms. The van der Waals surface area contributed by atoms with E-state index >= 15 is 0 Å². The molecule has 3 aromatic rings. The summed E-state index contributed by atoms with van der Waals surface area (Å²) in [6.07, 6.45) is 1.78. The molecule has 0 aromatic heterocycles. The second-order valence-electron chi connectivity index (χ2n) is 6.59. The number of oxime groups is 1. The molecular formula is C24H19NO3. The minimum Gasteiger partial charge on any atom is -0.489 e. The summed E-state index contributed by atoms with van der Waals surface area (Å²) in [6.45, 7) is 2.58. The van der Waals surface area contributed by atoms with Crippen LogP contribution in [0.15, 0.2) is 89.6 Å².